The quantitative estimate of drug-likeness (QED) is 0.648. The summed E-state index contributed by atoms with van der Waals surface area (Å²) in [5.41, 5.74) is 0.527. The molecule has 1 aromatic carbocycles. The number of amides is 1. The number of rotatable bonds is 5. The van der Waals surface area contributed by atoms with Gasteiger partial charge in [0.15, 0.2) is 5.78 Å². The van der Waals surface area contributed by atoms with E-state index in [4.69, 9.17) is 4.74 Å². The number of halogens is 2. The fraction of sp³-hybridized carbons (Fsp3) is 0.200. The van der Waals surface area contributed by atoms with Crippen LogP contribution in [-0.2, 0) is 4.79 Å². The minimum absolute atomic E-state index is 0. The third-order valence-corrected chi connectivity index (χ3v) is 1.74. The lowest BCUT2D eigenvalue weighted by Gasteiger charge is -2.02. The van der Waals surface area contributed by atoms with Gasteiger partial charge < -0.3 is 10.1 Å². The molecule has 4 nitrogen and oxygen atoms in total. The normalized spacial score (nSPS) is 8.06. The van der Waals surface area contributed by atoms with E-state index in [1.807, 2.05) is 0 Å². The predicted molar refractivity (Wildman–Crippen MR) is 65.9 cm³/mol. The van der Waals surface area contributed by atoms with Gasteiger partial charge in [0.25, 0.3) is 0 Å². The summed E-state index contributed by atoms with van der Waals surface area (Å²) in [7, 11) is 1.53. The summed E-state index contributed by atoms with van der Waals surface area (Å²) in [4.78, 5) is 21.4. The highest BCUT2D eigenvalue weighted by Gasteiger charge is 2.05. The van der Waals surface area contributed by atoms with Gasteiger partial charge in [0.05, 0.1) is 13.7 Å². The number of carbonyl (C=O) groups excluding carboxylic acids is 2. The number of benzene rings is 1. The smallest absolute Gasteiger partial charge is 0.207 e. The average Bonchev–Trinajstić information content (AvgIpc) is 2.26. The summed E-state index contributed by atoms with van der Waals surface area (Å²) in [5, 5.41) is 2.31. The number of methoxy groups -OCH3 is 1. The Morgan fingerprint density at radius 2 is 2.12 bits per heavy atom. The molecule has 1 amide bonds. The van der Waals surface area contributed by atoms with Gasteiger partial charge >= 0.3 is 0 Å². The highest BCUT2D eigenvalue weighted by atomic mass is 35.5. The molecule has 1 rings (SSSR count). The molecule has 0 aliphatic heterocycles. The number of carbonyl (C=O) groups is 2. The fourth-order valence-electron chi connectivity index (χ4n) is 1.03. The molecular formula is C10H13Cl2NO3. The summed E-state index contributed by atoms with van der Waals surface area (Å²) in [5.74, 6) is 0.484. The van der Waals surface area contributed by atoms with Crippen molar-refractivity contribution in [2.24, 2.45) is 0 Å². The van der Waals surface area contributed by atoms with Gasteiger partial charge in [-0.1, -0.05) is 12.1 Å². The first-order valence-electron chi connectivity index (χ1n) is 4.12. The molecule has 16 heavy (non-hydrogen) atoms. The molecule has 0 spiro atoms. The summed E-state index contributed by atoms with van der Waals surface area (Å²) in [6.07, 6.45) is 0.498. The lowest BCUT2D eigenvalue weighted by molar-refractivity contribution is -0.109. The molecule has 1 N–H and O–H groups in total. The second-order valence-electron chi connectivity index (χ2n) is 2.65. The molecule has 90 valence electrons. The van der Waals surface area contributed by atoms with E-state index in [0.29, 0.717) is 17.7 Å². The van der Waals surface area contributed by atoms with Crippen LogP contribution in [0.3, 0.4) is 0 Å². The summed E-state index contributed by atoms with van der Waals surface area (Å²) >= 11 is 0. The molecule has 0 radical (unpaired) electrons. The van der Waals surface area contributed by atoms with E-state index in [0.717, 1.165) is 0 Å². The van der Waals surface area contributed by atoms with Gasteiger partial charge in [0.1, 0.15) is 5.75 Å². The largest absolute Gasteiger partial charge is 0.497 e. The van der Waals surface area contributed by atoms with Gasteiger partial charge in [0.2, 0.25) is 6.41 Å². The molecule has 0 heterocycles. The van der Waals surface area contributed by atoms with Gasteiger partial charge in [0, 0.05) is 5.56 Å². The van der Waals surface area contributed by atoms with E-state index in [2.05, 4.69) is 5.32 Å². The van der Waals surface area contributed by atoms with Crippen LogP contribution in [0.5, 0.6) is 5.75 Å². The number of Topliss-reactive ketones (excluding diaryl/α,β-unsaturated/α-hetero) is 1. The Kier molecular flexibility index (Phi) is 9.65. The van der Waals surface area contributed by atoms with E-state index >= 15 is 0 Å². The fourth-order valence-corrected chi connectivity index (χ4v) is 1.03. The second kappa shape index (κ2) is 9.00. The Bertz CT molecular complexity index is 345. The Morgan fingerprint density at radius 3 is 2.69 bits per heavy atom. The molecular weight excluding hydrogens is 253 g/mol. The van der Waals surface area contributed by atoms with Gasteiger partial charge in [-0.25, -0.2) is 0 Å². The standard InChI is InChI=1S/C10H11NO3.2ClH/c1-14-9-4-2-3-8(5-9)10(13)6-11-7-12;;/h2-5,7H,6H2,1H3,(H,11,12);2*1H. The first-order chi connectivity index (χ1) is 6.77. The lowest BCUT2D eigenvalue weighted by Crippen LogP contribution is -2.21. The topological polar surface area (TPSA) is 55.4 Å². The zero-order valence-corrected chi connectivity index (χ0v) is 10.3. The molecule has 0 aromatic heterocycles. The number of hydrogen-bond donors (Lipinski definition) is 1. The van der Waals surface area contributed by atoms with Crippen LogP contribution in [0.1, 0.15) is 10.4 Å². The highest BCUT2D eigenvalue weighted by Crippen LogP contribution is 2.12. The molecule has 0 bridgehead atoms. The molecule has 0 saturated carbocycles. The Labute approximate surface area is 106 Å². The average molecular weight is 266 g/mol. The molecule has 6 heteroatoms. The van der Waals surface area contributed by atoms with E-state index in [9.17, 15) is 9.59 Å². The van der Waals surface area contributed by atoms with Crippen molar-refractivity contribution in [1.82, 2.24) is 5.32 Å². The Hall–Kier alpha value is -1.26. The van der Waals surface area contributed by atoms with Crippen LogP contribution < -0.4 is 10.1 Å². The summed E-state index contributed by atoms with van der Waals surface area (Å²) < 4.78 is 4.97. The molecule has 0 fully saturated rings. The van der Waals surface area contributed by atoms with Crippen molar-refractivity contribution < 1.29 is 14.3 Å². The van der Waals surface area contributed by atoms with Crippen molar-refractivity contribution in [1.29, 1.82) is 0 Å². The Morgan fingerprint density at radius 1 is 1.44 bits per heavy atom. The maximum absolute atomic E-state index is 11.4. The highest BCUT2D eigenvalue weighted by molar-refractivity contribution is 5.98. The molecule has 1 aromatic rings. The van der Waals surface area contributed by atoms with Crippen molar-refractivity contribution in [2.45, 2.75) is 0 Å². The van der Waals surface area contributed by atoms with Gasteiger partial charge in [-0.05, 0) is 12.1 Å². The van der Waals surface area contributed by atoms with Crippen LogP contribution in [-0.4, -0.2) is 25.8 Å². The van der Waals surface area contributed by atoms with Crippen LogP contribution in [0.4, 0.5) is 0 Å². The van der Waals surface area contributed by atoms with Gasteiger partial charge in [-0.3, -0.25) is 9.59 Å². The maximum atomic E-state index is 11.4. The second-order valence-corrected chi connectivity index (χ2v) is 2.65. The van der Waals surface area contributed by atoms with Crippen molar-refractivity contribution in [3.8, 4) is 5.75 Å². The van der Waals surface area contributed by atoms with Crippen LogP contribution in [0.25, 0.3) is 0 Å². The van der Waals surface area contributed by atoms with Crippen molar-refractivity contribution >= 4 is 37.0 Å². The molecule has 0 saturated heterocycles. The van der Waals surface area contributed by atoms with Gasteiger partial charge in [-0.15, -0.1) is 24.8 Å². The summed E-state index contributed by atoms with van der Waals surface area (Å²) in [6.45, 7) is 0.0106. The zero-order valence-electron chi connectivity index (χ0n) is 8.64. The maximum Gasteiger partial charge on any atom is 0.207 e. The molecule has 0 atom stereocenters. The number of nitrogens with one attached hydrogen (secondary N) is 1. The van der Waals surface area contributed by atoms with Crippen molar-refractivity contribution in [3.05, 3.63) is 29.8 Å². The van der Waals surface area contributed by atoms with Crippen LogP contribution in [0.15, 0.2) is 24.3 Å². The third kappa shape index (κ3) is 5.00. The molecule has 0 unspecified atom stereocenters. The van der Waals surface area contributed by atoms with Gasteiger partial charge in [-0.2, -0.15) is 0 Å². The minimum Gasteiger partial charge on any atom is -0.497 e. The van der Waals surface area contributed by atoms with Crippen LogP contribution in [0, 0.1) is 0 Å². The molecule has 0 aliphatic rings. The van der Waals surface area contributed by atoms with E-state index in [-0.39, 0.29) is 37.1 Å². The third-order valence-electron chi connectivity index (χ3n) is 1.74. The Balaban J connectivity index is 0. The van der Waals surface area contributed by atoms with Crippen LogP contribution in [0.2, 0.25) is 0 Å². The van der Waals surface area contributed by atoms with E-state index in [1.54, 1.807) is 24.3 Å². The lowest BCUT2D eigenvalue weighted by atomic mass is 10.1. The summed E-state index contributed by atoms with van der Waals surface area (Å²) in [6, 6.07) is 6.79. The SMILES string of the molecule is COc1cccc(C(=O)CNC=O)c1.Cl.Cl. The predicted octanol–water partition coefficient (Wildman–Crippen LogP) is 1.47. The van der Waals surface area contributed by atoms with E-state index in [1.165, 1.54) is 7.11 Å². The first kappa shape index (κ1) is 17.1. The zero-order chi connectivity index (χ0) is 10.4. The van der Waals surface area contributed by atoms with E-state index < -0.39 is 0 Å². The number of ketones is 1. The van der Waals surface area contributed by atoms with Crippen LogP contribution >= 0.6 is 24.8 Å². The van der Waals surface area contributed by atoms with Crippen molar-refractivity contribution in [3.63, 3.8) is 0 Å². The monoisotopic (exact) mass is 265 g/mol. The minimum atomic E-state index is -0.143. The number of ether oxygens (including phenoxy) is 1. The number of hydrogen-bond acceptors (Lipinski definition) is 3. The molecule has 0 aliphatic carbocycles. The van der Waals surface area contributed by atoms with Crippen molar-refractivity contribution in [2.75, 3.05) is 13.7 Å². The first-order valence-corrected chi connectivity index (χ1v) is 4.12.